The van der Waals surface area contributed by atoms with Gasteiger partial charge in [0.2, 0.25) is 0 Å². The molecule has 0 aliphatic carbocycles. The number of benzene rings is 3. The lowest BCUT2D eigenvalue weighted by Crippen LogP contribution is -2.33. The number of rotatable bonds is 5. The Morgan fingerprint density at radius 1 is 0.871 bits per heavy atom. The SMILES string of the molecule is Cc1cccc(NC(=O)c2ccccc2NC(=O)C(=O)N/N=C\c2ccccc2Br)c1. The molecule has 0 unspecified atom stereocenters. The second-order valence-electron chi connectivity index (χ2n) is 6.54. The van der Waals surface area contributed by atoms with Crippen molar-refractivity contribution in [3.63, 3.8) is 0 Å². The van der Waals surface area contributed by atoms with Crippen molar-refractivity contribution in [1.82, 2.24) is 5.43 Å². The van der Waals surface area contributed by atoms with Crippen LogP contribution in [-0.4, -0.2) is 23.9 Å². The van der Waals surface area contributed by atoms with E-state index in [0.717, 1.165) is 15.6 Å². The number of hydrazone groups is 1. The first-order valence-corrected chi connectivity index (χ1v) is 10.1. The molecular formula is C23H19BrN4O3. The summed E-state index contributed by atoms with van der Waals surface area (Å²) in [4.78, 5) is 37.0. The first-order valence-electron chi connectivity index (χ1n) is 9.30. The number of nitrogens with zero attached hydrogens (tertiary/aromatic N) is 1. The van der Waals surface area contributed by atoms with Gasteiger partial charge in [0.15, 0.2) is 0 Å². The molecule has 0 bridgehead atoms. The maximum Gasteiger partial charge on any atom is 0.329 e. The summed E-state index contributed by atoms with van der Waals surface area (Å²) in [5.74, 6) is -2.31. The minimum atomic E-state index is -0.961. The Kier molecular flexibility index (Phi) is 7.29. The Hall–Kier alpha value is -3.78. The summed E-state index contributed by atoms with van der Waals surface area (Å²) < 4.78 is 0.797. The summed E-state index contributed by atoms with van der Waals surface area (Å²) in [5, 5.41) is 9.03. The van der Waals surface area contributed by atoms with Crippen molar-refractivity contribution in [1.29, 1.82) is 0 Å². The third-order valence-electron chi connectivity index (χ3n) is 4.18. The largest absolute Gasteiger partial charge is 0.329 e. The Bertz CT molecular complexity index is 1160. The van der Waals surface area contributed by atoms with E-state index in [0.29, 0.717) is 5.69 Å². The first kappa shape index (κ1) is 21.9. The highest BCUT2D eigenvalue weighted by molar-refractivity contribution is 9.10. The number of halogens is 1. The van der Waals surface area contributed by atoms with Crippen LogP contribution in [0.5, 0.6) is 0 Å². The molecule has 0 aliphatic heterocycles. The van der Waals surface area contributed by atoms with Crippen LogP contribution in [0.1, 0.15) is 21.5 Å². The number of hydrogen-bond donors (Lipinski definition) is 3. The second kappa shape index (κ2) is 10.3. The number of amides is 3. The van der Waals surface area contributed by atoms with Crippen LogP contribution in [0.25, 0.3) is 0 Å². The first-order chi connectivity index (χ1) is 14.9. The number of aryl methyl sites for hydroxylation is 1. The highest BCUT2D eigenvalue weighted by atomic mass is 79.9. The number of carbonyl (C=O) groups is 3. The molecular weight excluding hydrogens is 460 g/mol. The Labute approximate surface area is 187 Å². The van der Waals surface area contributed by atoms with E-state index in [1.54, 1.807) is 36.4 Å². The van der Waals surface area contributed by atoms with Crippen LogP contribution in [0, 0.1) is 6.92 Å². The van der Waals surface area contributed by atoms with E-state index in [2.05, 4.69) is 37.1 Å². The minimum Gasteiger partial charge on any atom is -0.322 e. The van der Waals surface area contributed by atoms with Crippen LogP contribution in [0.2, 0.25) is 0 Å². The van der Waals surface area contributed by atoms with Crippen LogP contribution in [0.3, 0.4) is 0 Å². The molecule has 156 valence electrons. The summed E-state index contributed by atoms with van der Waals surface area (Å²) in [6, 6.07) is 21.1. The highest BCUT2D eigenvalue weighted by Gasteiger charge is 2.17. The summed E-state index contributed by atoms with van der Waals surface area (Å²) >= 11 is 3.36. The number of anilines is 2. The van der Waals surface area contributed by atoms with Crippen molar-refractivity contribution in [3.05, 3.63) is 94.0 Å². The zero-order valence-corrected chi connectivity index (χ0v) is 18.1. The molecule has 3 N–H and O–H groups in total. The van der Waals surface area contributed by atoms with Crippen LogP contribution in [-0.2, 0) is 9.59 Å². The summed E-state index contributed by atoms with van der Waals surface area (Å²) in [6.07, 6.45) is 1.42. The average molecular weight is 479 g/mol. The van der Waals surface area contributed by atoms with Gasteiger partial charge in [-0.25, -0.2) is 5.43 Å². The van der Waals surface area contributed by atoms with Gasteiger partial charge in [-0.15, -0.1) is 0 Å². The van der Waals surface area contributed by atoms with E-state index in [-0.39, 0.29) is 11.3 Å². The van der Waals surface area contributed by atoms with Crippen molar-refractivity contribution in [2.75, 3.05) is 10.6 Å². The molecule has 0 aromatic heterocycles. The van der Waals surface area contributed by atoms with Crippen molar-refractivity contribution < 1.29 is 14.4 Å². The van der Waals surface area contributed by atoms with Gasteiger partial charge in [-0.3, -0.25) is 14.4 Å². The maximum atomic E-state index is 12.7. The number of nitrogens with one attached hydrogen (secondary N) is 3. The molecule has 0 saturated heterocycles. The van der Waals surface area contributed by atoms with Gasteiger partial charge in [-0.2, -0.15) is 5.10 Å². The maximum absolute atomic E-state index is 12.7. The lowest BCUT2D eigenvalue weighted by Gasteiger charge is -2.11. The van der Waals surface area contributed by atoms with Crippen LogP contribution >= 0.6 is 15.9 Å². The van der Waals surface area contributed by atoms with Crippen molar-refractivity contribution in [2.24, 2.45) is 5.10 Å². The molecule has 0 heterocycles. The van der Waals surface area contributed by atoms with Crippen LogP contribution < -0.4 is 16.1 Å². The van der Waals surface area contributed by atoms with E-state index >= 15 is 0 Å². The number of hydrogen-bond acceptors (Lipinski definition) is 4. The standard InChI is InChI=1S/C23H19BrN4O3/c1-15-7-6-9-17(13-15)26-21(29)18-10-3-5-12-20(18)27-22(30)23(31)28-25-14-16-8-2-4-11-19(16)24/h2-14H,1H3,(H,26,29)(H,27,30)(H,28,31)/b25-14-. The van der Waals surface area contributed by atoms with E-state index in [4.69, 9.17) is 0 Å². The smallest absolute Gasteiger partial charge is 0.322 e. The molecule has 8 heteroatoms. The van der Waals surface area contributed by atoms with E-state index in [9.17, 15) is 14.4 Å². The van der Waals surface area contributed by atoms with Crippen molar-refractivity contribution >= 4 is 51.2 Å². The fraction of sp³-hybridized carbons (Fsp3) is 0.0435. The third kappa shape index (κ3) is 6.10. The Morgan fingerprint density at radius 3 is 2.39 bits per heavy atom. The number of para-hydroxylation sites is 1. The van der Waals surface area contributed by atoms with Gasteiger partial charge < -0.3 is 10.6 Å². The Morgan fingerprint density at radius 2 is 1.61 bits per heavy atom. The lowest BCUT2D eigenvalue weighted by atomic mass is 10.1. The van der Waals surface area contributed by atoms with Gasteiger partial charge in [0.05, 0.1) is 17.5 Å². The molecule has 3 rings (SSSR count). The molecule has 0 spiro atoms. The van der Waals surface area contributed by atoms with Crippen molar-refractivity contribution in [2.45, 2.75) is 6.92 Å². The average Bonchev–Trinajstić information content (AvgIpc) is 2.75. The quantitative estimate of drug-likeness (QED) is 0.292. The molecule has 0 atom stereocenters. The van der Waals surface area contributed by atoms with Gasteiger partial charge in [-0.1, -0.05) is 58.4 Å². The topological polar surface area (TPSA) is 99.7 Å². The molecule has 0 fully saturated rings. The van der Waals surface area contributed by atoms with E-state index in [1.807, 2.05) is 43.3 Å². The highest BCUT2D eigenvalue weighted by Crippen LogP contribution is 2.18. The van der Waals surface area contributed by atoms with Gasteiger partial charge in [-0.05, 0) is 42.8 Å². The molecule has 0 aliphatic rings. The Balaban J connectivity index is 1.65. The van der Waals surface area contributed by atoms with Crippen molar-refractivity contribution in [3.8, 4) is 0 Å². The summed E-state index contributed by atoms with van der Waals surface area (Å²) in [5.41, 5.74) is 4.97. The minimum absolute atomic E-state index is 0.211. The third-order valence-corrected chi connectivity index (χ3v) is 4.90. The van der Waals surface area contributed by atoms with Gasteiger partial charge >= 0.3 is 11.8 Å². The predicted octanol–water partition coefficient (Wildman–Crippen LogP) is 4.10. The van der Waals surface area contributed by atoms with Crippen LogP contribution in [0.4, 0.5) is 11.4 Å². The van der Waals surface area contributed by atoms with Gasteiger partial charge in [0.25, 0.3) is 5.91 Å². The zero-order chi connectivity index (χ0) is 22.2. The fourth-order valence-corrected chi connectivity index (χ4v) is 3.07. The van der Waals surface area contributed by atoms with Gasteiger partial charge in [0.1, 0.15) is 0 Å². The van der Waals surface area contributed by atoms with Gasteiger partial charge in [0, 0.05) is 15.7 Å². The molecule has 31 heavy (non-hydrogen) atoms. The van der Waals surface area contributed by atoms with E-state index < -0.39 is 17.7 Å². The monoisotopic (exact) mass is 478 g/mol. The van der Waals surface area contributed by atoms with E-state index in [1.165, 1.54) is 6.21 Å². The lowest BCUT2D eigenvalue weighted by molar-refractivity contribution is -0.136. The number of carbonyl (C=O) groups excluding carboxylic acids is 3. The van der Waals surface area contributed by atoms with Crippen LogP contribution in [0.15, 0.2) is 82.4 Å². The fourth-order valence-electron chi connectivity index (χ4n) is 2.68. The molecule has 0 saturated carbocycles. The molecule has 3 aromatic carbocycles. The molecule has 3 aromatic rings. The summed E-state index contributed by atoms with van der Waals surface area (Å²) in [7, 11) is 0. The normalized spacial score (nSPS) is 10.5. The molecule has 3 amide bonds. The molecule has 7 nitrogen and oxygen atoms in total. The summed E-state index contributed by atoms with van der Waals surface area (Å²) in [6.45, 7) is 1.92. The zero-order valence-electron chi connectivity index (χ0n) is 16.6. The molecule has 0 radical (unpaired) electrons. The second-order valence-corrected chi connectivity index (χ2v) is 7.40. The predicted molar refractivity (Wildman–Crippen MR) is 124 cm³/mol.